The molecule has 1 atom stereocenters. The smallest absolute Gasteiger partial charge is 0.262 e. The van der Waals surface area contributed by atoms with Gasteiger partial charge in [0.1, 0.15) is 17.5 Å². The fourth-order valence-corrected chi connectivity index (χ4v) is 4.68. The lowest BCUT2D eigenvalue weighted by molar-refractivity contribution is 0.0590. The molecule has 5 nitrogen and oxygen atoms in total. The average molecular weight is 462 g/mol. The summed E-state index contributed by atoms with van der Waals surface area (Å²) in [6.45, 7) is 1.56. The quantitative estimate of drug-likeness (QED) is 0.404. The summed E-state index contributed by atoms with van der Waals surface area (Å²) in [6, 6.07) is 11.6. The minimum absolute atomic E-state index is 0.000445. The van der Waals surface area contributed by atoms with Crippen molar-refractivity contribution in [3.05, 3.63) is 105 Å². The van der Waals surface area contributed by atoms with Gasteiger partial charge < -0.3 is 4.57 Å². The van der Waals surface area contributed by atoms with Crippen LogP contribution < -0.4 is 5.43 Å². The fourth-order valence-electron chi connectivity index (χ4n) is 4.68. The molecule has 170 valence electrons. The minimum atomic E-state index is -0.985. The fraction of sp³-hybridized carbons (Fsp3) is 0.115. The van der Waals surface area contributed by atoms with Gasteiger partial charge in [0.25, 0.3) is 11.8 Å². The Morgan fingerprint density at radius 2 is 1.35 bits per heavy atom. The first kappa shape index (κ1) is 21.6. The molecule has 1 aromatic heterocycles. The molecule has 3 aromatic carbocycles. The molecule has 0 fully saturated rings. The molecule has 2 amide bonds. The van der Waals surface area contributed by atoms with Crippen LogP contribution in [0.4, 0.5) is 13.2 Å². The molecule has 5 rings (SSSR count). The van der Waals surface area contributed by atoms with Gasteiger partial charge in [-0.05, 0) is 55.0 Å². The number of hydrogen-bond donors (Lipinski definition) is 0. The number of amides is 2. The summed E-state index contributed by atoms with van der Waals surface area (Å²) < 4.78 is 43.8. The van der Waals surface area contributed by atoms with E-state index >= 15 is 0 Å². The summed E-state index contributed by atoms with van der Waals surface area (Å²) in [5, 5.41) is 0.000445. The van der Waals surface area contributed by atoms with Crippen molar-refractivity contribution in [2.75, 3.05) is 0 Å². The van der Waals surface area contributed by atoms with Gasteiger partial charge in [0, 0.05) is 18.5 Å². The first-order valence-electron chi connectivity index (χ1n) is 10.4. The second-order valence-electron chi connectivity index (χ2n) is 8.17. The van der Waals surface area contributed by atoms with Crippen molar-refractivity contribution in [3.8, 4) is 11.1 Å². The van der Waals surface area contributed by atoms with E-state index in [4.69, 9.17) is 0 Å². The number of carbonyl (C=O) groups excluding carboxylic acids is 2. The highest BCUT2D eigenvalue weighted by atomic mass is 19.1. The topological polar surface area (TPSA) is 59.4 Å². The number of halogens is 3. The van der Waals surface area contributed by atoms with Gasteiger partial charge in [0.2, 0.25) is 0 Å². The van der Waals surface area contributed by atoms with E-state index in [1.165, 1.54) is 24.3 Å². The molecule has 4 aromatic rings. The highest BCUT2D eigenvalue weighted by Crippen LogP contribution is 2.36. The summed E-state index contributed by atoms with van der Waals surface area (Å²) in [4.78, 5) is 40.8. The highest BCUT2D eigenvalue weighted by molar-refractivity contribution is 6.21. The van der Waals surface area contributed by atoms with Gasteiger partial charge in [-0.25, -0.2) is 13.2 Å². The Hall–Kier alpha value is -4.20. The number of fused-ring (bicyclic) bond motifs is 2. The molecule has 0 radical (unpaired) electrons. The zero-order valence-corrected chi connectivity index (χ0v) is 18.1. The Morgan fingerprint density at radius 3 is 1.94 bits per heavy atom. The zero-order chi connectivity index (χ0) is 24.3. The first-order valence-corrected chi connectivity index (χ1v) is 10.4. The van der Waals surface area contributed by atoms with Crippen molar-refractivity contribution < 1.29 is 22.8 Å². The van der Waals surface area contributed by atoms with Crippen molar-refractivity contribution in [3.63, 3.8) is 0 Å². The van der Waals surface area contributed by atoms with Crippen LogP contribution in [-0.4, -0.2) is 21.3 Å². The van der Waals surface area contributed by atoms with Crippen molar-refractivity contribution in [1.82, 2.24) is 9.47 Å². The third kappa shape index (κ3) is 3.14. The Labute approximate surface area is 191 Å². The van der Waals surface area contributed by atoms with Gasteiger partial charge in [-0.1, -0.05) is 12.1 Å². The Balaban J connectivity index is 1.82. The molecule has 1 unspecified atom stereocenters. The Kier molecular flexibility index (Phi) is 4.89. The van der Waals surface area contributed by atoms with E-state index in [2.05, 4.69) is 0 Å². The lowest BCUT2D eigenvalue weighted by Crippen LogP contribution is -2.35. The number of imide groups is 1. The van der Waals surface area contributed by atoms with Crippen LogP contribution in [0, 0.1) is 17.5 Å². The molecular weight excluding hydrogens is 445 g/mol. The molecule has 0 N–H and O–H groups in total. The summed E-state index contributed by atoms with van der Waals surface area (Å²) in [5.41, 5.74) is 0.104. The van der Waals surface area contributed by atoms with Crippen LogP contribution in [0.25, 0.3) is 22.0 Å². The molecule has 0 saturated carbocycles. The number of benzene rings is 3. The maximum Gasteiger partial charge on any atom is 0.262 e. The standard InChI is InChI=1S/C26H17F3N2O3/c1-13(31-25(33)18-5-3-4-6-19(18)26(31)34)23-22(14-9-16(28)11-17(29)10-14)24(32)20-12-15(27)7-8-21(20)30(23)2/h3-13H,1-2H3. The van der Waals surface area contributed by atoms with Crippen molar-refractivity contribution in [2.24, 2.45) is 7.05 Å². The Morgan fingerprint density at radius 1 is 0.765 bits per heavy atom. The van der Waals surface area contributed by atoms with E-state index in [1.807, 2.05) is 0 Å². The number of aromatic nitrogens is 1. The minimum Gasteiger partial charge on any atom is -0.345 e. The first-order chi connectivity index (χ1) is 16.2. The van der Waals surface area contributed by atoms with Gasteiger partial charge >= 0.3 is 0 Å². The number of nitrogens with zero attached hydrogens (tertiary/aromatic N) is 2. The van der Waals surface area contributed by atoms with Crippen molar-refractivity contribution >= 4 is 22.7 Å². The summed E-state index contributed by atoms with van der Waals surface area (Å²) in [7, 11) is 1.59. The van der Waals surface area contributed by atoms with Crippen molar-refractivity contribution in [2.45, 2.75) is 13.0 Å². The van der Waals surface area contributed by atoms with E-state index in [1.54, 1.807) is 30.7 Å². The second-order valence-corrected chi connectivity index (χ2v) is 8.17. The van der Waals surface area contributed by atoms with Gasteiger partial charge in [-0.2, -0.15) is 0 Å². The maximum atomic E-state index is 14.1. The molecule has 0 saturated heterocycles. The molecule has 1 aliphatic heterocycles. The van der Waals surface area contributed by atoms with E-state index in [-0.39, 0.29) is 33.3 Å². The van der Waals surface area contributed by atoms with Crippen LogP contribution in [0.5, 0.6) is 0 Å². The molecule has 0 bridgehead atoms. The van der Waals surface area contributed by atoms with Gasteiger partial charge in [0.15, 0.2) is 5.43 Å². The predicted molar refractivity (Wildman–Crippen MR) is 120 cm³/mol. The molecular formula is C26H17F3N2O3. The van der Waals surface area contributed by atoms with Crippen LogP contribution in [0.1, 0.15) is 39.4 Å². The van der Waals surface area contributed by atoms with Gasteiger partial charge in [-0.3, -0.25) is 19.3 Å². The largest absolute Gasteiger partial charge is 0.345 e. The molecule has 1 aliphatic rings. The third-order valence-corrected chi connectivity index (χ3v) is 6.17. The molecule has 34 heavy (non-hydrogen) atoms. The monoisotopic (exact) mass is 462 g/mol. The number of pyridine rings is 1. The van der Waals surface area contributed by atoms with Crippen LogP contribution >= 0.6 is 0 Å². The maximum absolute atomic E-state index is 14.1. The van der Waals surface area contributed by atoms with Crippen LogP contribution in [0.2, 0.25) is 0 Å². The lowest BCUT2D eigenvalue weighted by Gasteiger charge is -2.28. The summed E-state index contributed by atoms with van der Waals surface area (Å²) in [5.74, 6) is -3.55. The highest BCUT2D eigenvalue weighted by Gasteiger charge is 2.40. The van der Waals surface area contributed by atoms with Crippen LogP contribution in [0.3, 0.4) is 0 Å². The predicted octanol–water partition coefficient (Wildman–Crippen LogP) is 4.98. The summed E-state index contributed by atoms with van der Waals surface area (Å²) >= 11 is 0. The number of hydrogen-bond acceptors (Lipinski definition) is 3. The summed E-state index contributed by atoms with van der Waals surface area (Å²) in [6.07, 6.45) is 0. The zero-order valence-electron chi connectivity index (χ0n) is 18.1. The number of aryl methyl sites for hydroxylation is 1. The molecule has 0 aliphatic carbocycles. The van der Waals surface area contributed by atoms with E-state index < -0.39 is 40.7 Å². The van der Waals surface area contributed by atoms with E-state index in [0.29, 0.717) is 11.6 Å². The van der Waals surface area contributed by atoms with E-state index in [0.717, 1.165) is 23.1 Å². The van der Waals surface area contributed by atoms with Crippen LogP contribution in [0.15, 0.2) is 65.5 Å². The number of carbonyl (C=O) groups is 2. The van der Waals surface area contributed by atoms with Gasteiger partial charge in [0.05, 0.1) is 33.9 Å². The number of rotatable bonds is 3. The second kappa shape index (κ2) is 7.69. The lowest BCUT2D eigenvalue weighted by atomic mass is 9.96. The average Bonchev–Trinajstić information content (AvgIpc) is 3.05. The molecule has 0 spiro atoms. The Bertz CT molecular complexity index is 1540. The van der Waals surface area contributed by atoms with Crippen molar-refractivity contribution in [1.29, 1.82) is 0 Å². The normalized spacial score (nSPS) is 14.1. The third-order valence-electron chi connectivity index (χ3n) is 6.17. The van der Waals surface area contributed by atoms with E-state index in [9.17, 15) is 27.6 Å². The van der Waals surface area contributed by atoms with Gasteiger partial charge in [-0.15, -0.1) is 0 Å². The SMILES string of the molecule is CC(c1c(-c2cc(F)cc(F)c2)c(=O)c2cc(F)ccc2n1C)N1C(=O)c2ccccc2C1=O. The molecule has 2 heterocycles. The van der Waals surface area contributed by atoms with Crippen LogP contribution in [-0.2, 0) is 7.05 Å². The molecule has 8 heteroatoms.